The molecule has 0 saturated heterocycles. The van der Waals surface area contributed by atoms with E-state index in [2.05, 4.69) is 114 Å². The summed E-state index contributed by atoms with van der Waals surface area (Å²) in [6, 6.07) is 17.7. The Morgan fingerprint density at radius 1 is 0.431 bits per heavy atom. The SMILES string of the molecule is CCCCCCCCCCCCCCCCCCC(C(=C=[N+]=[N-])CCCCCCCC)=C(c1cc(CCCC)cc(CCCC)c1)c1cc(C[Si](C)(C)C)cc(C[Si](C)(C)C)c1.[CH3-].[CH3-].[Pd+2]. The molecule has 5 heteroatoms. The molecule has 0 bridgehead atoms. The van der Waals surface area contributed by atoms with Crippen LogP contribution in [0.4, 0.5) is 0 Å². The van der Waals surface area contributed by atoms with Crippen molar-refractivity contribution >= 4 is 27.6 Å². The molecule has 0 N–H and O–H groups in total. The standard InChI is InChI=1S/C58H100N2Si2.2CH3.Pd/c1-11-15-19-21-23-24-25-26-27-28-29-30-31-32-34-36-40-57(54(47-60-59)39-35-33-22-20-16-12-2)58(55-43-50(37-17-13-3)41-51(44-55)38-18-14-4)56-45-52(48-61(5,6)7)42-53(46-56)49-62(8,9)10;;;/h41-46H,11-40,48-49H2,1-10H3;2*1H3;/q;2*-1;+2. The number of hydrogen-bond donors (Lipinski definition) is 0. The third-order valence-electron chi connectivity index (χ3n) is 12.7. The monoisotopic (exact) mass is 1020 g/mol. The largest absolute Gasteiger partial charge is 2.00 e. The minimum Gasteiger partial charge on any atom is -0.358 e. The average molecular weight is 1020 g/mol. The zero-order valence-corrected chi connectivity index (χ0v) is 48.9. The van der Waals surface area contributed by atoms with Gasteiger partial charge in [0.25, 0.3) is 0 Å². The van der Waals surface area contributed by atoms with Crippen LogP contribution in [-0.4, -0.2) is 26.8 Å². The molecule has 2 nitrogen and oxygen atoms in total. The summed E-state index contributed by atoms with van der Waals surface area (Å²) in [5.41, 5.74) is 23.0. The Morgan fingerprint density at radius 2 is 0.738 bits per heavy atom. The first-order chi connectivity index (χ1) is 29.8. The van der Waals surface area contributed by atoms with Crippen LogP contribution >= 0.6 is 0 Å². The number of unbranched alkanes of at least 4 members (excludes halogenated alkanes) is 22. The second kappa shape index (κ2) is 39.3. The molecule has 65 heavy (non-hydrogen) atoms. The van der Waals surface area contributed by atoms with Crippen molar-refractivity contribution in [3.05, 3.63) is 101 Å². The van der Waals surface area contributed by atoms with Crippen molar-refractivity contribution < 1.29 is 25.2 Å². The Bertz CT molecular complexity index is 1560. The molecule has 0 unspecified atom stereocenters. The predicted molar refractivity (Wildman–Crippen MR) is 297 cm³/mol. The molecule has 2 rings (SSSR count). The maximum absolute atomic E-state index is 10.3. The Hall–Kier alpha value is -1.56. The molecule has 2 aromatic rings. The topological polar surface area (TPSA) is 36.4 Å². The van der Waals surface area contributed by atoms with Crippen molar-refractivity contribution in [3.8, 4) is 0 Å². The van der Waals surface area contributed by atoms with Crippen LogP contribution < -0.4 is 0 Å². The minimum atomic E-state index is -1.38. The number of allylic oxidation sites excluding steroid dienone is 2. The van der Waals surface area contributed by atoms with E-state index in [4.69, 9.17) is 0 Å². The van der Waals surface area contributed by atoms with Gasteiger partial charge in [-0.15, -0.1) is 4.79 Å². The van der Waals surface area contributed by atoms with Crippen LogP contribution in [-0.2, 0) is 45.4 Å². The molecule has 0 saturated carbocycles. The molecular weight excluding hydrogens is 911 g/mol. The maximum atomic E-state index is 10.3. The summed E-state index contributed by atoms with van der Waals surface area (Å²) >= 11 is 0. The van der Waals surface area contributed by atoms with Crippen LogP contribution in [0, 0.1) is 14.9 Å². The molecule has 0 radical (unpaired) electrons. The Balaban J connectivity index is 0. The summed E-state index contributed by atoms with van der Waals surface area (Å²) in [5.74, 6) is 3.27. The van der Waals surface area contributed by atoms with E-state index in [1.54, 1.807) is 0 Å². The van der Waals surface area contributed by atoms with E-state index >= 15 is 0 Å². The normalized spacial score (nSPS) is 11.8. The van der Waals surface area contributed by atoms with Gasteiger partial charge >= 0.3 is 26.3 Å². The molecule has 0 fully saturated rings. The molecule has 0 aliphatic heterocycles. The number of nitrogens with zero attached hydrogens (tertiary/aromatic N) is 2. The van der Waals surface area contributed by atoms with Gasteiger partial charge in [0, 0.05) is 16.1 Å². The zero-order valence-electron chi connectivity index (χ0n) is 45.3. The van der Waals surface area contributed by atoms with E-state index in [1.165, 1.54) is 217 Å². The van der Waals surface area contributed by atoms with Crippen LogP contribution in [0.2, 0.25) is 39.3 Å². The van der Waals surface area contributed by atoms with Crippen LogP contribution in [0.3, 0.4) is 0 Å². The van der Waals surface area contributed by atoms with Gasteiger partial charge in [-0.1, -0.05) is 245 Å². The first-order valence-electron chi connectivity index (χ1n) is 26.8. The molecule has 0 aromatic heterocycles. The van der Waals surface area contributed by atoms with Crippen molar-refractivity contribution in [2.75, 3.05) is 0 Å². The van der Waals surface area contributed by atoms with Gasteiger partial charge in [-0.2, -0.15) is 0 Å². The van der Waals surface area contributed by atoms with Gasteiger partial charge in [0.1, 0.15) is 0 Å². The fraction of sp³-hybridized carbons (Fsp3) is 0.700. The summed E-state index contributed by atoms with van der Waals surface area (Å²) in [6.07, 6.45) is 38.6. The molecule has 0 spiro atoms. The molecule has 0 atom stereocenters. The quantitative estimate of drug-likeness (QED) is 0.0123. The fourth-order valence-electron chi connectivity index (χ4n) is 9.50. The Labute approximate surface area is 423 Å². The third-order valence-corrected chi connectivity index (χ3v) is 15.6. The van der Waals surface area contributed by atoms with E-state index < -0.39 is 16.1 Å². The molecule has 0 heterocycles. The van der Waals surface area contributed by atoms with Gasteiger partial charge in [0.15, 0.2) is 0 Å². The molecule has 2 aromatic carbocycles. The molecule has 374 valence electrons. The molecule has 0 amide bonds. The van der Waals surface area contributed by atoms with Crippen LogP contribution in [0.5, 0.6) is 0 Å². The van der Waals surface area contributed by atoms with Gasteiger partial charge in [-0.3, -0.25) is 0 Å². The minimum absolute atomic E-state index is 0. The average Bonchev–Trinajstić information content (AvgIpc) is 3.21. The number of benzene rings is 2. The third kappa shape index (κ3) is 31.2. The Morgan fingerprint density at radius 3 is 1.08 bits per heavy atom. The van der Waals surface area contributed by atoms with Crippen molar-refractivity contribution in [2.24, 2.45) is 0 Å². The van der Waals surface area contributed by atoms with Crippen LogP contribution in [0.15, 0.2) is 47.5 Å². The predicted octanol–water partition coefficient (Wildman–Crippen LogP) is 20.1. The number of aryl methyl sites for hydroxylation is 2. The van der Waals surface area contributed by atoms with Gasteiger partial charge in [0.05, 0.1) is 5.57 Å². The second-order valence-electron chi connectivity index (χ2n) is 21.9. The van der Waals surface area contributed by atoms with E-state index in [-0.39, 0.29) is 35.3 Å². The Kier molecular flexibility index (Phi) is 39.6. The summed E-state index contributed by atoms with van der Waals surface area (Å²) in [7, 11) is -2.77. The van der Waals surface area contributed by atoms with Crippen molar-refractivity contribution in [1.82, 2.24) is 0 Å². The number of rotatable bonds is 37. The zero-order chi connectivity index (χ0) is 45.5. The molecule has 0 aliphatic rings. The van der Waals surface area contributed by atoms with Crippen molar-refractivity contribution in [3.63, 3.8) is 0 Å². The maximum Gasteiger partial charge on any atom is 2.00 e. The molecular formula is C60H106N2PdSi2. The summed E-state index contributed by atoms with van der Waals surface area (Å²) in [5, 5.41) is 0. The van der Waals surface area contributed by atoms with E-state index in [1.807, 2.05) is 0 Å². The van der Waals surface area contributed by atoms with E-state index in [0.29, 0.717) is 0 Å². The van der Waals surface area contributed by atoms with Crippen LogP contribution in [0.25, 0.3) is 11.1 Å². The number of hydrogen-bond acceptors (Lipinski definition) is 0. The first kappa shape index (κ1) is 65.5. The van der Waals surface area contributed by atoms with Gasteiger partial charge in [0.2, 0.25) is 0 Å². The smallest absolute Gasteiger partial charge is 0.358 e. The van der Waals surface area contributed by atoms with Gasteiger partial charge in [-0.05, 0) is 108 Å². The fourth-order valence-corrected chi connectivity index (χ4v) is 12.4. The summed E-state index contributed by atoms with van der Waals surface area (Å²) < 4.78 is 0. The van der Waals surface area contributed by atoms with Crippen molar-refractivity contribution in [2.45, 2.75) is 272 Å². The summed E-state index contributed by atoms with van der Waals surface area (Å²) in [6.45, 7) is 24.4. The first-order valence-corrected chi connectivity index (χ1v) is 34.2. The summed E-state index contributed by atoms with van der Waals surface area (Å²) in [4.78, 5) is 3.72. The van der Waals surface area contributed by atoms with Gasteiger partial charge < -0.3 is 20.4 Å². The molecule has 0 aliphatic carbocycles. The van der Waals surface area contributed by atoms with Crippen LogP contribution in [0.1, 0.15) is 241 Å². The van der Waals surface area contributed by atoms with E-state index in [9.17, 15) is 5.53 Å². The van der Waals surface area contributed by atoms with E-state index in [0.717, 1.165) is 37.7 Å². The van der Waals surface area contributed by atoms with Gasteiger partial charge in [-0.25, -0.2) is 0 Å². The van der Waals surface area contributed by atoms with Crippen molar-refractivity contribution in [1.29, 1.82) is 0 Å². The second-order valence-corrected chi connectivity index (χ2v) is 32.8.